The highest BCUT2D eigenvalue weighted by molar-refractivity contribution is 5.84. The van der Waals surface area contributed by atoms with Crippen LogP contribution >= 0.6 is 0 Å². The van der Waals surface area contributed by atoms with Crippen LogP contribution in [0, 0.1) is 11.7 Å². The smallest absolute Gasteiger partial charge is 0.227 e. The van der Waals surface area contributed by atoms with Gasteiger partial charge in [-0.15, -0.1) is 0 Å². The average molecular weight is 416 g/mol. The second-order valence-corrected chi connectivity index (χ2v) is 7.93. The molecule has 4 rings (SSSR count). The predicted molar refractivity (Wildman–Crippen MR) is 118 cm³/mol. The average Bonchev–Trinajstić information content (AvgIpc) is 3.26. The fraction of sp³-hybridized carbons (Fsp3) is 0.231. The summed E-state index contributed by atoms with van der Waals surface area (Å²) in [5.41, 5.74) is 2.86. The van der Waals surface area contributed by atoms with Gasteiger partial charge in [0.2, 0.25) is 11.8 Å². The Bertz CT molecular complexity index is 1020. The standard InChI is InChI=1S/C26H25FN2O2/c27-22-13-11-20(12-14-22)16-28-26(31)24-18-29(17-23(24)21-9-5-2-6-10-21)25(30)15-19-7-3-1-4-8-19/h1-14,23-24H,15-18H2,(H,28,31). The summed E-state index contributed by atoms with van der Waals surface area (Å²) in [7, 11) is 0. The van der Waals surface area contributed by atoms with E-state index in [2.05, 4.69) is 5.32 Å². The number of halogens is 1. The van der Waals surface area contributed by atoms with E-state index in [0.717, 1.165) is 16.7 Å². The van der Waals surface area contributed by atoms with Gasteiger partial charge in [-0.05, 0) is 28.8 Å². The highest BCUT2D eigenvalue weighted by Gasteiger charge is 2.40. The van der Waals surface area contributed by atoms with E-state index in [0.29, 0.717) is 26.1 Å². The van der Waals surface area contributed by atoms with Crippen LogP contribution in [0.15, 0.2) is 84.9 Å². The van der Waals surface area contributed by atoms with E-state index in [1.807, 2.05) is 60.7 Å². The van der Waals surface area contributed by atoms with Crippen molar-refractivity contribution in [2.24, 2.45) is 5.92 Å². The second-order valence-electron chi connectivity index (χ2n) is 7.93. The van der Waals surface area contributed by atoms with E-state index < -0.39 is 0 Å². The van der Waals surface area contributed by atoms with Crippen molar-refractivity contribution >= 4 is 11.8 Å². The molecule has 0 bridgehead atoms. The maximum Gasteiger partial charge on any atom is 0.227 e. The van der Waals surface area contributed by atoms with Gasteiger partial charge >= 0.3 is 0 Å². The topological polar surface area (TPSA) is 49.4 Å². The quantitative estimate of drug-likeness (QED) is 0.662. The number of carbonyl (C=O) groups is 2. The molecule has 3 aromatic rings. The van der Waals surface area contributed by atoms with E-state index >= 15 is 0 Å². The first-order chi connectivity index (χ1) is 15.1. The first-order valence-electron chi connectivity index (χ1n) is 10.5. The lowest BCUT2D eigenvalue weighted by atomic mass is 9.88. The predicted octanol–water partition coefficient (Wildman–Crippen LogP) is 3.93. The van der Waals surface area contributed by atoms with Crippen LogP contribution in [0.4, 0.5) is 4.39 Å². The Morgan fingerprint density at radius 3 is 2.16 bits per heavy atom. The normalized spacial score (nSPS) is 18.0. The Kier molecular flexibility index (Phi) is 6.41. The highest BCUT2D eigenvalue weighted by atomic mass is 19.1. The van der Waals surface area contributed by atoms with Gasteiger partial charge in [-0.1, -0.05) is 72.8 Å². The largest absolute Gasteiger partial charge is 0.352 e. The molecule has 2 atom stereocenters. The molecule has 0 aliphatic carbocycles. The Hall–Kier alpha value is -3.47. The van der Waals surface area contributed by atoms with Crippen molar-refractivity contribution in [2.75, 3.05) is 13.1 Å². The molecule has 0 radical (unpaired) electrons. The number of nitrogens with zero attached hydrogens (tertiary/aromatic N) is 1. The molecule has 4 nitrogen and oxygen atoms in total. The zero-order valence-electron chi connectivity index (χ0n) is 17.2. The summed E-state index contributed by atoms with van der Waals surface area (Å²) in [6.45, 7) is 1.24. The minimum atomic E-state index is -0.331. The molecule has 5 heteroatoms. The molecule has 2 unspecified atom stereocenters. The number of likely N-dealkylation sites (tertiary alicyclic amines) is 1. The maximum atomic E-state index is 13.1. The van der Waals surface area contributed by atoms with Crippen molar-refractivity contribution in [3.05, 3.63) is 107 Å². The lowest BCUT2D eigenvalue weighted by molar-refractivity contribution is -0.130. The maximum absolute atomic E-state index is 13.1. The van der Waals surface area contributed by atoms with Gasteiger partial charge in [-0.3, -0.25) is 9.59 Å². The molecular weight excluding hydrogens is 391 g/mol. The van der Waals surface area contributed by atoms with Crippen molar-refractivity contribution in [1.29, 1.82) is 0 Å². The van der Waals surface area contributed by atoms with Crippen molar-refractivity contribution in [1.82, 2.24) is 10.2 Å². The van der Waals surface area contributed by atoms with Gasteiger partial charge in [0.1, 0.15) is 5.82 Å². The summed E-state index contributed by atoms with van der Waals surface area (Å²) in [6, 6.07) is 25.6. The van der Waals surface area contributed by atoms with Crippen LogP contribution in [0.5, 0.6) is 0 Å². The Balaban J connectivity index is 1.47. The third-order valence-electron chi connectivity index (χ3n) is 5.82. The van der Waals surface area contributed by atoms with Gasteiger partial charge in [-0.2, -0.15) is 0 Å². The molecule has 0 aromatic heterocycles. The molecular formula is C26H25FN2O2. The van der Waals surface area contributed by atoms with E-state index in [1.165, 1.54) is 12.1 Å². The lowest BCUT2D eigenvalue weighted by Crippen LogP contribution is -2.35. The van der Waals surface area contributed by atoms with Crippen molar-refractivity contribution in [2.45, 2.75) is 18.9 Å². The highest BCUT2D eigenvalue weighted by Crippen LogP contribution is 2.33. The molecule has 1 N–H and O–H groups in total. The minimum absolute atomic E-state index is 0.0287. The van der Waals surface area contributed by atoms with Crippen LogP contribution in [0.1, 0.15) is 22.6 Å². The number of hydrogen-bond donors (Lipinski definition) is 1. The zero-order valence-corrected chi connectivity index (χ0v) is 17.2. The number of benzene rings is 3. The number of amides is 2. The molecule has 1 saturated heterocycles. The molecule has 1 fully saturated rings. The van der Waals surface area contributed by atoms with E-state index in [-0.39, 0.29) is 29.5 Å². The lowest BCUT2D eigenvalue weighted by Gasteiger charge is -2.18. The van der Waals surface area contributed by atoms with Crippen LogP contribution in [-0.4, -0.2) is 29.8 Å². The summed E-state index contributed by atoms with van der Waals surface area (Å²) in [4.78, 5) is 27.8. The first kappa shape index (κ1) is 20.8. The van der Waals surface area contributed by atoms with Crippen molar-refractivity contribution in [3.63, 3.8) is 0 Å². The molecule has 158 valence electrons. The molecule has 2 amide bonds. The molecule has 1 aliphatic heterocycles. The number of rotatable bonds is 6. The monoisotopic (exact) mass is 416 g/mol. The molecule has 1 heterocycles. The van der Waals surface area contributed by atoms with E-state index in [9.17, 15) is 14.0 Å². The Labute approximate surface area is 181 Å². The van der Waals surface area contributed by atoms with Crippen LogP contribution in [0.2, 0.25) is 0 Å². The Morgan fingerprint density at radius 1 is 0.839 bits per heavy atom. The van der Waals surface area contributed by atoms with Gasteiger partial charge < -0.3 is 10.2 Å². The molecule has 1 aliphatic rings. The van der Waals surface area contributed by atoms with Crippen LogP contribution in [-0.2, 0) is 22.6 Å². The van der Waals surface area contributed by atoms with E-state index in [4.69, 9.17) is 0 Å². The fourth-order valence-electron chi connectivity index (χ4n) is 4.12. The van der Waals surface area contributed by atoms with Crippen molar-refractivity contribution in [3.8, 4) is 0 Å². The van der Waals surface area contributed by atoms with Gasteiger partial charge in [0.05, 0.1) is 12.3 Å². The summed E-state index contributed by atoms with van der Waals surface area (Å²) in [5.74, 6) is -0.756. The number of hydrogen-bond acceptors (Lipinski definition) is 2. The van der Waals surface area contributed by atoms with Crippen molar-refractivity contribution < 1.29 is 14.0 Å². The third kappa shape index (κ3) is 5.18. The zero-order chi connectivity index (χ0) is 21.6. The van der Waals surface area contributed by atoms with Gasteiger partial charge in [0, 0.05) is 25.6 Å². The molecule has 3 aromatic carbocycles. The van der Waals surface area contributed by atoms with Gasteiger partial charge in [0.15, 0.2) is 0 Å². The summed E-state index contributed by atoms with van der Waals surface area (Å²) in [5, 5.41) is 2.97. The third-order valence-corrected chi connectivity index (χ3v) is 5.82. The Morgan fingerprint density at radius 2 is 1.48 bits per heavy atom. The number of carbonyl (C=O) groups excluding carboxylic acids is 2. The number of nitrogens with one attached hydrogen (secondary N) is 1. The molecule has 0 saturated carbocycles. The molecule has 31 heavy (non-hydrogen) atoms. The van der Waals surface area contributed by atoms with Crippen LogP contribution in [0.25, 0.3) is 0 Å². The first-order valence-corrected chi connectivity index (χ1v) is 10.5. The van der Waals surface area contributed by atoms with Crippen LogP contribution < -0.4 is 5.32 Å². The second kappa shape index (κ2) is 9.56. The summed E-state index contributed by atoms with van der Waals surface area (Å²) in [6.07, 6.45) is 0.326. The van der Waals surface area contributed by atoms with Gasteiger partial charge in [-0.25, -0.2) is 4.39 Å². The minimum Gasteiger partial charge on any atom is -0.352 e. The van der Waals surface area contributed by atoms with E-state index in [1.54, 1.807) is 17.0 Å². The molecule has 0 spiro atoms. The summed E-state index contributed by atoms with van der Waals surface area (Å²) < 4.78 is 13.1. The SMILES string of the molecule is O=C(NCc1ccc(F)cc1)C1CN(C(=O)Cc2ccccc2)CC1c1ccccc1. The fourth-order valence-corrected chi connectivity index (χ4v) is 4.12. The van der Waals surface area contributed by atoms with Gasteiger partial charge in [0.25, 0.3) is 0 Å². The summed E-state index contributed by atoms with van der Waals surface area (Å²) >= 11 is 0. The van der Waals surface area contributed by atoms with Crippen LogP contribution in [0.3, 0.4) is 0 Å².